The minimum absolute atomic E-state index is 0.247. The zero-order chi connectivity index (χ0) is 12.3. The van der Waals surface area contributed by atoms with Gasteiger partial charge in [-0.3, -0.25) is 0 Å². The predicted molar refractivity (Wildman–Crippen MR) is 62.2 cm³/mol. The second-order valence-electron chi connectivity index (χ2n) is 4.23. The Morgan fingerprint density at radius 2 is 1.94 bits per heavy atom. The van der Waals surface area contributed by atoms with Gasteiger partial charge in [0.25, 0.3) is 0 Å². The maximum Gasteiger partial charge on any atom is 0.183 e. The van der Waals surface area contributed by atoms with Crippen LogP contribution in [-0.4, -0.2) is 34.8 Å². The van der Waals surface area contributed by atoms with Crippen LogP contribution in [0.2, 0.25) is 0 Å². The fraction of sp³-hybridized carbons (Fsp3) is 0.538. The van der Waals surface area contributed by atoms with E-state index in [1.807, 2.05) is 37.3 Å². The van der Waals surface area contributed by atoms with Crippen LogP contribution < -0.4 is 0 Å². The van der Waals surface area contributed by atoms with Crippen LogP contribution in [-0.2, 0) is 16.1 Å². The third-order valence-electron chi connectivity index (χ3n) is 3.00. The molecular weight excluding hydrogens is 220 g/mol. The Morgan fingerprint density at radius 3 is 2.59 bits per heavy atom. The number of aliphatic hydroxyl groups is 2. The average molecular weight is 238 g/mol. The summed E-state index contributed by atoms with van der Waals surface area (Å²) in [5, 5.41) is 19.2. The molecule has 1 fully saturated rings. The van der Waals surface area contributed by atoms with E-state index in [1.54, 1.807) is 0 Å². The SMILES string of the molecule is CC[C@H]1OC(O)[C@H](O)[C@H]1OCc1ccccc1. The van der Waals surface area contributed by atoms with E-state index in [4.69, 9.17) is 9.47 Å². The first-order chi connectivity index (χ1) is 8.22. The van der Waals surface area contributed by atoms with Crippen molar-refractivity contribution in [3.8, 4) is 0 Å². The van der Waals surface area contributed by atoms with Crippen molar-refractivity contribution >= 4 is 0 Å². The summed E-state index contributed by atoms with van der Waals surface area (Å²) in [6.07, 6.45) is -2.11. The molecule has 0 aromatic heterocycles. The number of hydrogen-bond donors (Lipinski definition) is 2. The van der Waals surface area contributed by atoms with Crippen molar-refractivity contribution in [1.29, 1.82) is 0 Å². The van der Waals surface area contributed by atoms with Crippen molar-refractivity contribution in [2.75, 3.05) is 0 Å². The third kappa shape index (κ3) is 2.84. The summed E-state index contributed by atoms with van der Waals surface area (Å²) >= 11 is 0. The number of benzene rings is 1. The Kier molecular flexibility index (Phi) is 4.12. The van der Waals surface area contributed by atoms with Gasteiger partial charge in [0.1, 0.15) is 12.2 Å². The molecule has 2 N–H and O–H groups in total. The maximum absolute atomic E-state index is 9.74. The molecule has 1 aromatic rings. The lowest BCUT2D eigenvalue weighted by molar-refractivity contribution is -0.127. The molecule has 4 heteroatoms. The number of ether oxygens (including phenoxy) is 2. The molecule has 0 spiro atoms. The summed E-state index contributed by atoms with van der Waals surface area (Å²) in [6.45, 7) is 2.35. The van der Waals surface area contributed by atoms with E-state index in [-0.39, 0.29) is 6.10 Å². The quantitative estimate of drug-likeness (QED) is 0.823. The Balaban J connectivity index is 1.93. The number of rotatable bonds is 4. The Bertz CT molecular complexity index is 341. The normalized spacial score (nSPS) is 32.9. The van der Waals surface area contributed by atoms with E-state index < -0.39 is 18.5 Å². The zero-order valence-corrected chi connectivity index (χ0v) is 9.82. The molecule has 4 nitrogen and oxygen atoms in total. The van der Waals surface area contributed by atoms with E-state index in [9.17, 15) is 10.2 Å². The van der Waals surface area contributed by atoms with E-state index >= 15 is 0 Å². The van der Waals surface area contributed by atoms with Gasteiger partial charge < -0.3 is 19.7 Å². The Morgan fingerprint density at radius 1 is 1.24 bits per heavy atom. The van der Waals surface area contributed by atoms with Crippen LogP contribution in [0.1, 0.15) is 18.9 Å². The van der Waals surface area contributed by atoms with Gasteiger partial charge in [-0.05, 0) is 12.0 Å². The van der Waals surface area contributed by atoms with Gasteiger partial charge in [0, 0.05) is 0 Å². The standard InChI is InChI=1S/C13H18O4/c1-2-10-12(11(14)13(15)17-10)16-8-9-6-4-3-5-7-9/h3-7,10-15H,2,8H2,1H3/t10-,11-,12+,13?/m1/s1. The summed E-state index contributed by atoms with van der Waals surface area (Å²) < 4.78 is 10.8. The molecule has 1 aliphatic rings. The maximum atomic E-state index is 9.74. The Hall–Kier alpha value is -0.940. The van der Waals surface area contributed by atoms with Gasteiger partial charge in [0.15, 0.2) is 6.29 Å². The molecular formula is C13H18O4. The molecule has 0 aliphatic carbocycles. The van der Waals surface area contributed by atoms with Gasteiger partial charge >= 0.3 is 0 Å². The first-order valence-corrected chi connectivity index (χ1v) is 5.89. The molecule has 94 valence electrons. The molecule has 0 amide bonds. The number of hydrogen-bond acceptors (Lipinski definition) is 4. The topological polar surface area (TPSA) is 58.9 Å². The molecule has 17 heavy (non-hydrogen) atoms. The highest BCUT2D eigenvalue weighted by Gasteiger charge is 2.42. The highest BCUT2D eigenvalue weighted by Crippen LogP contribution is 2.25. The van der Waals surface area contributed by atoms with Crippen molar-refractivity contribution in [2.45, 2.75) is 44.6 Å². The lowest BCUT2D eigenvalue weighted by atomic mass is 10.1. The van der Waals surface area contributed by atoms with Crippen LogP contribution in [0, 0.1) is 0 Å². The van der Waals surface area contributed by atoms with Gasteiger partial charge in [-0.15, -0.1) is 0 Å². The molecule has 1 saturated heterocycles. The molecule has 0 bridgehead atoms. The van der Waals surface area contributed by atoms with Crippen LogP contribution >= 0.6 is 0 Å². The van der Waals surface area contributed by atoms with Crippen molar-refractivity contribution in [3.63, 3.8) is 0 Å². The summed E-state index contributed by atoms with van der Waals surface area (Å²) in [7, 11) is 0. The smallest absolute Gasteiger partial charge is 0.183 e. The second kappa shape index (κ2) is 5.60. The van der Waals surface area contributed by atoms with Crippen LogP contribution in [0.15, 0.2) is 30.3 Å². The summed E-state index contributed by atoms with van der Waals surface area (Å²) in [5.74, 6) is 0. The second-order valence-corrected chi connectivity index (χ2v) is 4.23. The first-order valence-electron chi connectivity index (χ1n) is 5.89. The fourth-order valence-corrected chi connectivity index (χ4v) is 2.02. The molecule has 4 atom stereocenters. The van der Waals surface area contributed by atoms with Gasteiger partial charge in [0.05, 0.1) is 12.7 Å². The summed E-state index contributed by atoms with van der Waals surface area (Å²) in [6, 6.07) is 9.73. The minimum atomic E-state index is -1.14. The van der Waals surface area contributed by atoms with Crippen molar-refractivity contribution in [3.05, 3.63) is 35.9 Å². The molecule has 1 aliphatic heterocycles. The lowest BCUT2D eigenvalue weighted by Gasteiger charge is -2.19. The molecule has 0 radical (unpaired) electrons. The summed E-state index contributed by atoms with van der Waals surface area (Å²) in [4.78, 5) is 0. The van der Waals surface area contributed by atoms with Gasteiger partial charge in [-0.1, -0.05) is 37.3 Å². The first kappa shape index (κ1) is 12.5. The van der Waals surface area contributed by atoms with E-state index in [1.165, 1.54) is 0 Å². The Labute approximate surface area is 101 Å². The van der Waals surface area contributed by atoms with Crippen LogP contribution in [0.3, 0.4) is 0 Å². The van der Waals surface area contributed by atoms with Crippen molar-refractivity contribution in [2.24, 2.45) is 0 Å². The molecule has 0 saturated carbocycles. The third-order valence-corrected chi connectivity index (χ3v) is 3.00. The molecule has 2 rings (SSSR count). The van der Waals surface area contributed by atoms with Gasteiger partial charge in [-0.25, -0.2) is 0 Å². The van der Waals surface area contributed by atoms with E-state index in [0.717, 1.165) is 5.56 Å². The van der Waals surface area contributed by atoms with Gasteiger partial charge in [0.2, 0.25) is 0 Å². The van der Waals surface area contributed by atoms with E-state index in [2.05, 4.69) is 0 Å². The predicted octanol–water partition coefficient (Wildman–Crippen LogP) is 1.06. The fourth-order valence-electron chi connectivity index (χ4n) is 2.02. The molecule has 1 heterocycles. The largest absolute Gasteiger partial charge is 0.385 e. The molecule has 1 aromatic carbocycles. The zero-order valence-electron chi connectivity index (χ0n) is 9.82. The number of aliphatic hydroxyl groups excluding tert-OH is 2. The lowest BCUT2D eigenvalue weighted by Crippen LogP contribution is -2.34. The van der Waals surface area contributed by atoms with Crippen LogP contribution in [0.4, 0.5) is 0 Å². The van der Waals surface area contributed by atoms with Crippen molar-refractivity contribution in [1.82, 2.24) is 0 Å². The van der Waals surface area contributed by atoms with Crippen molar-refractivity contribution < 1.29 is 19.7 Å². The molecule has 1 unspecified atom stereocenters. The monoisotopic (exact) mass is 238 g/mol. The van der Waals surface area contributed by atoms with Crippen LogP contribution in [0.5, 0.6) is 0 Å². The average Bonchev–Trinajstić information content (AvgIpc) is 2.64. The minimum Gasteiger partial charge on any atom is -0.385 e. The summed E-state index contributed by atoms with van der Waals surface area (Å²) in [5.41, 5.74) is 1.04. The van der Waals surface area contributed by atoms with E-state index in [0.29, 0.717) is 13.0 Å². The highest BCUT2D eigenvalue weighted by molar-refractivity contribution is 5.13. The van der Waals surface area contributed by atoms with Crippen LogP contribution in [0.25, 0.3) is 0 Å². The van der Waals surface area contributed by atoms with Gasteiger partial charge in [-0.2, -0.15) is 0 Å². The highest BCUT2D eigenvalue weighted by atomic mass is 16.7.